The Hall–Kier alpha value is -0.250. The zero-order chi connectivity index (χ0) is 11.4. The van der Waals surface area contributed by atoms with Crippen molar-refractivity contribution in [3.63, 3.8) is 0 Å². The van der Waals surface area contributed by atoms with Gasteiger partial charge in [-0.25, -0.2) is 4.98 Å². The molecule has 1 unspecified atom stereocenters. The van der Waals surface area contributed by atoms with Gasteiger partial charge < -0.3 is 5.32 Å². The van der Waals surface area contributed by atoms with Crippen LogP contribution < -0.4 is 5.32 Å². The van der Waals surface area contributed by atoms with Gasteiger partial charge in [0.1, 0.15) is 5.15 Å². The van der Waals surface area contributed by atoms with E-state index in [1.54, 1.807) is 0 Å². The Morgan fingerprint density at radius 1 is 1.56 bits per heavy atom. The van der Waals surface area contributed by atoms with E-state index in [9.17, 15) is 0 Å². The van der Waals surface area contributed by atoms with E-state index >= 15 is 0 Å². The molecule has 0 bridgehead atoms. The molecule has 1 aliphatic rings. The van der Waals surface area contributed by atoms with Gasteiger partial charge in [-0.05, 0) is 37.1 Å². The molecule has 1 N–H and O–H groups in total. The van der Waals surface area contributed by atoms with Crippen LogP contribution in [-0.4, -0.2) is 22.0 Å². The van der Waals surface area contributed by atoms with E-state index < -0.39 is 0 Å². The Labute approximate surface area is 106 Å². The van der Waals surface area contributed by atoms with Crippen LogP contribution in [0.1, 0.15) is 25.3 Å². The van der Waals surface area contributed by atoms with Gasteiger partial charge in [0.25, 0.3) is 0 Å². The summed E-state index contributed by atoms with van der Waals surface area (Å²) in [5.41, 5.74) is 1.19. The number of halogens is 1. The molecular weight excluding hydrogens is 240 g/mol. The topological polar surface area (TPSA) is 24.9 Å². The van der Waals surface area contributed by atoms with Crippen molar-refractivity contribution < 1.29 is 0 Å². The van der Waals surface area contributed by atoms with Crippen LogP contribution in [0.5, 0.6) is 0 Å². The number of hydrogen-bond acceptors (Lipinski definition) is 3. The Bertz CT molecular complexity index is 333. The highest BCUT2D eigenvalue weighted by molar-refractivity contribution is 8.00. The number of nitrogens with zero attached hydrogens (tertiary/aromatic N) is 1. The molecule has 2 rings (SSSR count). The van der Waals surface area contributed by atoms with Crippen LogP contribution in [0.4, 0.5) is 0 Å². The Morgan fingerprint density at radius 3 is 3.06 bits per heavy atom. The molecule has 4 heteroatoms. The summed E-state index contributed by atoms with van der Waals surface area (Å²) in [6.45, 7) is 4.29. The van der Waals surface area contributed by atoms with Crippen molar-refractivity contribution in [2.45, 2.75) is 31.1 Å². The minimum absolute atomic E-state index is 0.430. The summed E-state index contributed by atoms with van der Waals surface area (Å²) in [6, 6.07) is 3.86. The first-order chi connectivity index (χ1) is 7.68. The van der Waals surface area contributed by atoms with Crippen LogP contribution in [0.3, 0.4) is 0 Å². The third-order valence-corrected chi connectivity index (χ3v) is 4.68. The van der Waals surface area contributed by atoms with E-state index in [2.05, 4.69) is 29.0 Å². The van der Waals surface area contributed by atoms with Crippen LogP contribution in [-0.2, 0) is 6.54 Å². The van der Waals surface area contributed by atoms with Gasteiger partial charge in [-0.1, -0.05) is 17.7 Å². The molecular formula is C12H17ClN2S. The van der Waals surface area contributed by atoms with Crippen LogP contribution in [0, 0.1) is 0 Å². The van der Waals surface area contributed by atoms with Crippen LogP contribution in [0.25, 0.3) is 0 Å². The van der Waals surface area contributed by atoms with Crippen molar-refractivity contribution in [3.05, 3.63) is 29.0 Å². The lowest BCUT2D eigenvalue weighted by atomic mass is 10.1. The fourth-order valence-electron chi connectivity index (χ4n) is 1.96. The molecule has 1 aromatic heterocycles. The highest BCUT2D eigenvalue weighted by atomic mass is 35.5. The number of aromatic nitrogens is 1. The molecule has 0 aliphatic carbocycles. The van der Waals surface area contributed by atoms with Gasteiger partial charge in [-0.15, -0.1) is 0 Å². The Morgan fingerprint density at radius 2 is 2.44 bits per heavy atom. The van der Waals surface area contributed by atoms with Gasteiger partial charge in [0.2, 0.25) is 0 Å². The maximum Gasteiger partial charge on any atom is 0.129 e. The van der Waals surface area contributed by atoms with Crippen LogP contribution in [0.2, 0.25) is 5.15 Å². The average molecular weight is 257 g/mol. The minimum Gasteiger partial charge on any atom is -0.311 e. The molecule has 0 saturated carbocycles. The minimum atomic E-state index is 0.430. The molecule has 16 heavy (non-hydrogen) atoms. The zero-order valence-corrected chi connectivity index (χ0v) is 11.1. The van der Waals surface area contributed by atoms with Crippen molar-refractivity contribution in [1.82, 2.24) is 10.3 Å². The van der Waals surface area contributed by atoms with Crippen molar-refractivity contribution in [3.8, 4) is 0 Å². The second-order valence-corrected chi connectivity index (χ2v) is 6.56. The summed E-state index contributed by atoms with van der Waals surface area (Å²) in [7, 11) is 0. The van der Waals surface area contributed by atoms with Gasteiger partial charge in [0.15, 0.2) is 0 Å². The molecule has 1 saturated heterocycles. The molecule has 88 valence electrons. The molecule has 2 nitrogen and oxygen atoms in total. The van der Waals surface area contributed by atoms with E-state index in [0.717, 1.165) is 13.1 Å². The second-order valence-electron chi connectivity index (χ2n) is 4.49. The molecule has 1 aliphatic heterocycles. The highest BCUT2D eigenvalue weighted by Gasteiger charge is 2.28. The summed E-state index contributed by atoms with van der Waals surface area (Å²) in [6.07, 6.45) is 4.51. The van der Waals surface area contributed by atoms with E-state index in [1.165, 1.54) is 24.2 Å². The van der Waals surface area contributed by atoms with E-state index in [1.807, 2.05) is 18.3 Å². The number of hydrogen-bond donors (Lipinski definition) is 1. The third kappa shape index (κ3) is 3.37. The predicted molar refractivity (Wildman–Crippen MR) is 71.1 cm³/mol. The molecule has 1 fully saturated rings. The summed E-state index contributed by atoms with van der Waals surface area (Å²) in [5.74, 6) is 1.31. The van der Waals surface area contributed by atoms with Crippen molar-refractivity contribution in [2.75, 3.05) is 12.3 Å². The monoisotopic (exact) mass is 256 g/mol. The van der Waals surface area contributed by atoms with Gasteiger partial charge in [0, 0.05) is 24.0 Å². The summed E-state index contributed by atoms with van der Waals surface area (Å²) in [5, 5.41) is 4.06. The number of rotatable bonds is 4. The van der Waals surface area contributed by atoms with Crippen LogP contribution in [0.15, 0.2) is 18.3 Å². The maximum absolute atomic E-state index is 5.74. The van der Waals surface area contributed by atoms with E-state index in [4.69, 9.17) is 11.6 Å². The molecule has 0 aromatic carbocycles. The molecule has 0 amide bonds. The Kier molecular flexibility index (Phi) is 4.11. The van der Waals surface area contributed by atoms with E-state index in [0.29, 0.717) is 9.90 Å². The quantitative estimate of drug-likeness (QED) is 0.838. The van der Waals surface area contributed by atoms with Gasteiger partial charge in [-0.3, -0.25) is 0 Å². The van der Waals surface area contributed by atoms with Gasteiger partial charge >= 0.3 is 0 Å². The van der Waals surface area contributed by atoms with Crippen molar-refractivity contribution in [1.29, 1.82) is 0 Å². The second kappa shape index (κ2) is 5.39. The maximum atomic E-state index is 5.74. The number of pyridine rings is 1. The van der Waals surface area contributed by atoms with Gasteiger partial charge in [0.05, 0.1) is 0 Å². The first-order valence-corrected chi connectivity index (χ1v) is 6.99. The molecule has 0 radical (unpaired) electrons. The fraction of sp³-hybridized carbons (Fsp3) is 0.583. The average Bonchev–Trinajstić information content (AvgIpc) is 2.69. The third-order valence-electron chi connectivity index (χ3n) is 2.92. The highest BCUT2D eigenvalue weighted by Crippen LogP contribution is 2.36. The molecule has 0 spiro atoms. The Balaban J connectivity index is 1.77. The van der Waals surface area contributed by atoms with Crippen LogP contribution >= 0.6 is 23.4 Å². The summed E-state index contributed by atoms with van der Waals surface area (Å²) >= 11 is 7.82. The lowest BCUT2D eigenvalue weighted by Crippen LogP contribution is -2.32. The molecule has 1 aromatic rings. The first-order valence-electron chi connectivity index (χ1n) is 5.63. The zero-order valence-electron chi connectivity index (χ0n) is 9.50. The largest absolute Gasteiger partial charge is 0.311 e. The SMILES string of the molecule is CC1(CNCc2ccc(Cl)nc2)CCCS1. The van der Waals surface area contributed by atoms with Crippen molar-refractivity contribution >= 4 is 23.4 Å². The molecule has 2 heterocycles. The predicted octanol–water partition coefficient (Wildman–Crippen LogP) is 3.11. The first kappa shape index (κ1) is 12.2. The fourth-order valence-corrected chi connectivity index (χ4v) is 3.34. The summed E-state index contributed by atoms with van der Waals surface area (Å²) < 4.78 is 0.430. The molecule has 1 atom stereocenters. The lowest BCUT2D eigenvalue weighted by molar-refractivity contribution is 0.537. The van der Waals surface area contributed by atoms with Gasteiger partial charge in [-0.2, -0.15) is 11.8 Å². The van der Waals surface area contributed by atoms with Crippen molar-refractivity contribution in [2.24, 2.45) is 0 Å². The summed E-state index contributed by atoms with van der Waals surface area (Å²) in [4.78, 5) is 4.07. The van der Waals surface area contributed by atoms with E-state index in [-0.39, 0.29) is 0 Å². The standard InChI is InChI=1S/C12H17ClN2S/c1-12(5-2-6-16-12)9-14-7-10-3-4-11(13)15-8-10/h3-4,8,14H,2,5-7,9H2,1H3. The lowest BCUT2D eigenvalue weighted by Gasteiger charge is -2.22. The number of thioether (sulfide) groups is 1. The number of nitrogens with one attached hydrogen (secondary N) is 1. The smallest absolute Gasteiger partial charge is 0.129 e. The normalized spacial score (nSPS) is 24.9.